The van der Waals surface area contributed by atoms with Crippen molar-refractivity contribution in [2.75, 3.05) is 6.54 Å². The van der Waals surface area contributed by atoms with Crippen molar-refractivity contribution >= 4 is 18.3 Å². The molecule has 1 fully saturated rings. The first kappa shape index (κ1) is 17.7. The van der Waals surface area contributed by atoms with Gasteiger partial charge in [-0.15, -0.1) is 12.4 Å². The lowest BCUT2D eigenvalue weighted by Gasteiger charge is -2.22. The third kappa shape index (κ3) is 4.86. The van der Waals surface area contributed by atoms with Crippen LogP contribution in [-0.2, 0) is 4.79 Å². The van der Waals surface area contributed by atoms with Crippen molar-refractivity contribution in [2.24, 2.45) is 11.7 Å². The smallest absolute Gasteiger partial charge is 0.261 e. The normalized spacial score (nSPS) is 16.5. The molecule has 0 spiro atoms. The number of ether oxygens (including phenoxy) is 1. The quantitative estimate of drug-likeness (QED) is 0.811. The number of amides is 1. The second-order valence-corrected chi connectivity index (χ2v) is 5.13. The molecule has 0 heterocycles. The van der Waals surface area contributed by atoms with Gasteiger partial charge in [0.05, 0.1) is 0 Å². The zero-order chi connectivity index (χ0) is 14.5. The molecule has 0 radical (unpaired) electrons. The van der Waals surface area contributed by atoms with Crippen LogP contribution in [0.5, 0.6) is 5.75 Å². The highest BCUT2D eigenvalue weighted by Gasteiger charge is 2.33. The predicted octanol–water partition coefficient (Wildman–Crippen LogP) is 2.26. The van der Waals surface area contributed by atoms with E-state index in [1.807, 2.05) is 6.92 Å². The van der Waals surface area contributed by atoms with Gasteiger partial charge in [0, 0.05) is 12.6 Å². The number of hydrogen-bond acceptors (Lipinski definition) is 3. The number of nitrogens with two attached hydrogens (primary N) is 1. The fourth-order valence-electron chi connectivity index (χ4n) is 2.16. The summed E-state index contributed by atoms with van der Waals surface area (Å²) >= 11 is 0. The third-order valence-corrected chi connectivity index (χ3v) is 3.54. The molecule has 4 nitrogen and oxygen atoms in total. The molecule has 118 valence electrons. The van der Waals surface area contributed by atoms with E-state index in [0.717, 1.165) is 12.8 Å². The summed E-state index contributed by atoms with van der Waals surface area (Å²) in [6, 6.07) is 6.09. The molecule has 2 atom stereocenters. The monoisotopic (exact) mass is 316 g/mol. The Bertz CT molecular complexity index is 469. The minimum atomic E-state index is -0.695. The van der Waals surface area contributed by atoms with E-state index in [9.17, 15) is 9.18 Å². The van der Waals surface area contributed by atoms with Crippen LogP contribution >= 0.6 is 12.4 Å². The molecule has 1 aromatic rings. The highest BCUT2D eigenvalue weighted by Crippen LogP contribution is 2.32. The molecule has 0 aromatic heterocycles. The molecule has 1 saturated carbocycles. The molecule has 0 aliphatic heterocycles. The molecule has 2 rings (SSSR count). The summed E-state index contributed by atoms with van der Waals surface area (Å²) in [4.78, 5) is 12.2. The minimum Gasteiger partial charge on any atom is -0.478 e. The van der Waals surface area contributed by atoms with Crippen molar-refractivity contribution in [3.05, 3.63) is 30.1 Å². The molecular formula is C15H22ClFN2O2. The Kier molecular flexibility index (Phi) is 6.92. The molecule has 0 saturated heterocycles. The number of hydrogen-bond donors (Lipinski definition) is 2. The first-order valence-corrected chi connectivity index (χ1v) is 7.07. The van der Waals surface area contributed by atoms with Gasteiger partial charge in [-0.1, -0.05) is 19.1 Å². The summed E-state index contributed by atoms with van der Waals surface area (Å²) in [5, 5.41) is 2.91. The summed E-state index contributed by atoms with van der Waals surface area (Å²) in [5.74, 6) is -0.102. The van der Waals surface area contributed by atoms with E-state index in [1.165, 1.54) is 12.1 Å². The van der Waals surface area contributed by atoms with Crippen LogP contribution in [-0.4, -0.2) is 24.6 Å². The molecule has 21 heavy (non-hydrogen) atoms. The number of rotatable bonds is 7. The fraction of sp³-hybridized carbons (Fsp3) is 0.533. The van der Waals surface area contributed by atoms with Crippen LogP contribution in [0.15, 0.2) is 24.3 Å². The first-order valence-electron chi connectivity index (χ1n) is 7.07. The van der Waals surface area contributed by atoms with Gasteiger partial charge in [0.25, 0.3) is 5.91 Å². The highest BCUT2D eigenvalue weighted by molar-refractivity contribution is 5.85. The maximum absolute atomic E-state index is 13.5. The zero-order valence-corrected chi connectivity index (χ0v) is 12.9. The van der Waals surface area contributed by atoms with Crippen LogP contribution in [0.4, 0.5) is 4.39 Å². The number of halogens is 2. The minimum absolute atomic E-state index is 0. The first-order chi connectivity index (χ1) is 9.65. The summed E-state index contributed by atoms with van der Waals surface area (Å²) < 4.78 is 19.0. The van der Waals surface area contributed by atoms with Crippen LogP contribution in [0.25, 0.3) is 0 Å². The van der Waals surface area contributed by atoms with Gasteiger partial charge < -0.3 is 15.8 Å². The molecule has 0 bridgehead atoms. The molecule has 2 unspecified atom stereocenters. The predicted molar refractivity (Wildman–Crippen MR) is 82.1 cm³/mol. The Balaban J connectivity index is 0.00000220. The van der Waals surface area contributed by atoms with E-state index in [4.69, 9.17) is 10.5 Å². The largest absolute Gasteiger partial charge is 0.478 e. The van der Waals surface area contributed by atoms with Crippen molar-refractivity contribution in [3.63, 3.8) is 0 Å². The highest BCUT2D eigenvalue weighted by atomic mass is 35.5. The van der Waals surface area contributed by atoms with Crippen molar-refractivity contribution in [2.45, 2.75) is 38.3 Å². The lowest BCUT2D eigenvalue weighted by Crippen LogP contribution is -2.47. The summed E-state index contributed by atoms with van der Waals surface area (Å²) in [5.41, 5.74) is 5.66. The summed E-state index contributed by atoms with van der Waals surface area (Å²) in [7, 11) is 0. The Hall–Kier alpha value is -1.33. The molecule has 1 aliphatic carbocycles. The second-order valence-electron chi connectivity index (χ2n) is 5.13. The number of carbonyl (C=O) groups excluding carboxylic acids is 1. The average molecular weight is 317 g/mol. The van der Waals surface area contributed by atoms with E-state index in [0.29, 0.717) is 18.9 Å². The lowest BCUT2D eigenvalue weighted by atomic mass is 10.1. The maximum atomic E-state index is 13.5. The van der Waals surface area contributed by atoms with Gasteiger partial charge in [0.15, 0.2) is 17.7 Å². The fourth-order valence-corrected chi connectivity index (χ4v) is 2.16. The SMILES string of the molecule is CCC(Oc1ccccc1F)C(=O)NC(CN)C1CC1.Cl. The Labute approximate surface area is 130 Å². The maximum Gasteiger partial charge on any atom is 0.261 e. The molecule has 1 aliphatic rings. The standard InChI is InChI=1S/C15H21FN2O2.ClH/c1-2-13(20-14-6-4-3-5-11(14)16)15(19)18-12(9-17)10-7-8-10;/h3-6,10,12-13H,2,7-9,17H2,1H3,(H,18,19);1H. The van der Waals surface area contributed by atoms with E-state index < -0.39 is 11.9 Å². The Morgan fingerprint density at radius 3 is 2.67 bits per heavy atom. The Morgan fingerprint density at radius 1 is 1.48 bits per heavy atom. The van der Waals surface area contributed by atoms with Gasteiger partial charge >= 0.3 is 0 Å². The van der Waals surface area contributed by atoms with Crippen molar-refractivity contribution < 1.29 is 13.9 Å². The lowest BCUT2D eigenvalue weighted by molar-refractivity contribution is -0.129. The van der Waals surface area contributed by atoms with Gasteiger partial charge in [-0.2, -0.15) is 0 Å². The topological polar surface area (TPSA) is 64.3 Å². The van der Waals surface area contributed by atoms with Crippen LogP contribution in [0.3, 0.4) is 0 Å². The molecule has 1 aromatic carbocycles. The Morgan fingerprint density at radius 2 is 2.14 bits per heavy atom. The molecule has 6 heteroatoms. The van der Waals surface area contributed by atoms with E-state index in [2.05, 4.69) is 5.32 Å². The van der Waals surface area contributed by atoms with Gasteiger partial charge in [0.2, 0.25) is 0 Å². The van der Waals surface area contributed by atoms with Crippen LogP contribution in [0, 0.1) is 11.7 Å². The van der Waals surface area contributed by atoms with E-state index in [-0.39, 0.29) is 30.1 Å². The van der Waals surface area contributed by atoms with Crippen molar-refractivity contribution in [1.82, 2.24) is 5.32 Å². The van der Waals surface area contributed by atoms with Gasteiger partial charge in [-0.05, 0) is 37.3 Å². The number of benzene rings is 1. The number of nitrogens with one attached hydrogen (secondary N) is 1. The summed E-state index contributed by atoms with van der Waals surface area (Å²) in [6.45, 7) is 2.26. The molecular weight excluding hydrogens is 295 g/mol. The van der Waals surface area contributed by atoms with Gasteiger partial charge in [-0.3, -0.25) is 4.79 Å². The van der Waals surface area contributed by atoms with Crippen LogP contribution in [0.2, 0.25) is 0 Å². The van der Waals surface area contributed by atoms with Crippen LogP contribution in [0.1, 0.15) is 26.2 Å². The number of para-hydroxylation sites is 1. The van der Waals surface area contributed by atoms with Crippen molar-refractivity contribution in [1.29, 1.82) is 0 Å². The summed E-state index contributed by atoms with van der Waals surface area (Å²) in [6.07, 6.45) is 1.99. The average Bonchev–Trinajstić information content (AvgIpc) is 3.28. The van der Waals surface area contributed by atoms with E-state index in [1.54, 1.807) is 12.1 Å². The van der Waals surface area contributed by atoms with E-state index >= 15 is 0 Å². The third-order valence-electron chi connectivity index (χ3n) is 3.54. The second kappa shape index (κ2) is 8.20. The number of carbonyl (C=O) groups is 1. The molecule has 3 N–H and O–H groups in total. The molecule has 1 amide bonds. The van der Waals surface area contributed by atoms with Gasteiger partial charge in [-0.25, -0.2) is 4.39 Å². The van der Waals surface area contributed by atoms with Crippen molar-refractivity contribution in [3.8, 4) is 5.75 Å². The van der Waals surface area contributed by atoms with Gasteiger partial charge in [0.1, 0.15) is 0 Å². The van der Waals surface area contributed by atoms with Crippen LogP contribution < -0.4 is 15.8 Å². The zero-order valence-electron chi connectivity index (χ0n) is 12.0.